The summed E-state index contributed by atoms with van der Waals surface area (Å²) >= 11 is 6.26. The fraction of sp³-hybridized carbons (Fsp3) is 0.261. The van der Waals surface area contributed by atoms with Crippen molar-refractivity contribution in [3.05, 3.63) is 76.7 Å². The van der Waals surface area contributed by atoms with Crippen LogP contribution in [0.2, 0.25) is 5.02 Å². The van der Waals surface area contributed by atoms with Crippen LogP contribution >= 0.6 is 11.6 Å². The third-order valence-corrected chi connectivity index (χ3v) is 6.01. The molecule has 5 rings (SSSR count). The number of rotatable bonds is 5. The smallest absolute Gasteiger partial charge is 0.410 e. The van der Waals surface area contributed by atoms with Gasteiger partial charge in [0.2, 0.25) is 0 Å². The molecule has 32 heavy (non-hydrogen) atoms. The minimum atomic E-state index is -0.367. The van der Waals surface area contributed by atoms with Gasteiger partial charge in [-0.15, -0.1) is 5.10 Å². The van der Waals surface area contributed by atoms with Crippen LogP contribution in [0.5, 0.6) is 5.75 Å². The molecule has 1 atom stereocenters. The van der Waals surface area contributed by atoms with E-state index in [0.717, 1.165) is 27.9 Å². The number of hydrogen-bond acceptors (Lipinski definition) is 5. The summed E-state index contributed by atoms with van der Waals surface area (Å²) in [5, 5.41) is 9.44. The van der Waals surface area contributed by atoms with Crippen LogP contribution in [0.4, 0.5) is 4.79 Å². The van der Waals surface area contributed by atoms with Crippen molar-refractivity contribution < 1.29 is 14.3 Å². The van der Waals surface area contributed by atoms with Crippen LogP contribution in [0, 0.1) is 0 Å². The minimum absolute atomic E-state index is 0.212. The van der Waals surface area contributed by atoms with Crippen LogP contribution in [-0.2, 0) is 17.7 Å². The molecule has 2 aromatic carbocycles. The number of fused-ring (bicyclic) bond motifs is 3. The first-order valence-electron chi connectivity index (χ1n) is 10.4. The molecular weight excluding hydrogens is 430 g/mol. The lowest BCUT2D eigenvalue weighted by atomic mass is 9.92. The standard InChI is InChI=1S/C23H22ClN5O3/c1-31-17-5-2-15(3-6-17)22-21-18(19-14-16(24)4-7-20(19)26-21)8-10-29(22)23(30)32-13-12-28-11-9-25-27-28/h2-7,9,11,14,22,26H,8,10,12-13H2,1H3. The van der Waals surface area contributed by atoms with Gasteiger partial charge in [-0.2, -0.15) is 0 Å². The van der Waals surface area contributed by atoms with Crippen LogP contribution in [0.25, 0.3) is 10.9 Å². The average Bonchev–Trinajstić information content (AvgIpc) is 3.46. The quantitative estimate of drug-likeness (QED) is 0.491. The summed E-state index contributed by atoms with van der Waals surface area (Å²) in [5.74, 6) is 0.759. The fourth-order valence-electron chi connectivity index (χ4n) is 4.25. The van der Waals surface area contributed by atoms with E-state index < -0.39 is 0 Å². The lowest BCUT2D eigenvalue weighted by molar-refractivity contribution is 0.0851. The highest BCUT2D eigenvalue weighted by Crippen LogP contribution is 2.39. The van der Waals surface area contributed by atoms with E-state index in [9.17, 15) is 4.79 Å². The maximum absolute atomic E-state index is 13.1. The van der Waals surface area contributed by atoms with E-state index >= 15 is 0 Å². The lowest BCUT2D eigenvalue weighted by Gasteiger charge is -2.35. The van der Waals surface area contributed by atoms with Gasteiger partial charge in [0.05, 0.1) is 19.9 Å². The Hall–Kier alpha value is -3.52. The Balaban J connectivity index is 1.48. The van der Waals surface area contributed by atoms with E-state index in [1.165, 1.54) is 5.56 Å². The van der Waals surface area contributed by atoms with Gasteiger partial charge in [0.1, 0.15) is 18.4 Å². The molecule has 1 aliphatic heterocycles. The molecule has 0 spiro atoms. The number of ether oxygens (including phenoxy) is 2. The van der Waals surface area contributed by atoms with Gasteiger partial charge in [0.15, 0.2) is 0 Å². The fourth-order valence-corrected chi connectivity index (χ4v) is 4.42. The molecule has 0 radical (unpaired) electrons. The summed E-state index contributed by atoms with van der Waals surface area (Å²) in [6.45, 7) is 1.19. The van der Waals surface area contributed by atoms with Gasteiger partial charge >= 0.3 is 6.09 Å². The molecule has 1 unspecified atom stereocenters. The van der Waals surface area contributed by atoms with E-state index in [2.05, 4.69) is 15.3 Å². The Morgan fingerprint density at radius 2 is 2.09 bits per heavy atom. The molecule has 1 N–H and O–H groups in total. The zero-order valence-corrected chi connectivity index (χ0v) is 18.2. The second-order valence-electron chi connectivity index (χ2n) is 7.61. The normalized spacial score (nSPS) is 15.6. The highest BCUT2D eigenvalue weighted by Gasteiger charge is 2.35. The number of nitrogens with one attached hydrogen (secondary N) is 1. The molecule has 0 saturated heterocycles. The first-order chi connectivity index (χ1) is 15.6. The summed E-state index contributed by atoms with van der Waals surface area (Å²) < 4.78 is 12.5. The molecule has 1 amide bonds. The predicted octanol–water partition coefficient (Wildman–Crippen LogP) is 4.21. The number of hydrogen-bond donors (Lipinski definition) is 1. The highest BCUT2D eigenvalue weighted by molar-refractivity contribution is 6.31. The number of benzene rings is 2. The summed E-state index contributed by atoms with van der Waals surface area (Å²) in [4.78, 5) is 18.4. The zero-order chi connectivity index (χ0) is 22.1. The van der Waals surface area contributed by atoms with Gasteiger partial charge in [0.25, 0.3) is 0 Å². The monoisotopic (exact) mass is 451 g/mol. The molecular formula is C23H22ClN5O3. The Morgan fingerprint density at radius 3 is 2.84 bits per heavy atom. The van der Waals surface area contributed by atoms with Crippen molar-refractivity contribution in [2.75, 3.05) is 20.3 Å². The van der Waals surface area contributed by atoms with Crippen molar-refractivity contribution in [1.29, 1.82) is 0 Å². The number of methoxy groups -OCH3 is 1. The third kappa shape index (κ3) is 3.78. The number of amides is 1. The average molecular weight is 452 g/mol. The molecule has 164 valence electrons. The summed E-state index contributed by atoms with van der Waals surface area (Å²) in [6.07, 6.45) is 3.67. The second kappa shape index (κ2) is 8.55. The molecule has 8 nitrogen and oxygen atoms in total. The first-order valence-corrected chi connectivity index (χ1v) is 10.7. The molecule has 0 saturated carbocycles. The number of aromatic amines is 1. The van der Waals surface area contributed by atoms with E-state index in [0.29, 0.717) is 24.5 Å². The first kappa shape index (κ1) is 20.4. The zero-order valence-electron chi connectivity index (χ0n) is 17.5. The molecule has 3 heterocycles. The van der Waals surface area contributed by atoms with E-state index in [1.807, 2.05) is 42.5 Å². The summed E-state index contributed by atoms with van der Waals surface area (Å²) in [7, 11) is 1.63. The van der Waals surface area contributed by atoms with Crippen molar-refractivity contribution in [1.82, 2.24) is 24.9 Å². The number of aromatic nitrogens is 4. The Bertz CT molecular complexity index is 1240. The van der Waals surface area contributed by atoms with Gasteiger partial charge in [0, 0.05) is 34.4 Å². The van der Waals surface area contributed by atoms with Crippen molar-refractivity contribution >= 4 is 28.6 Å². The molecule has 2 aromatic heterocycles. The number of carbonyl (C=O) groups excluding carboxylic acids is 1. The molecule has 1 aliphatic rings. The molecule has 0 bridgehead atoms. The Labute approximate surface area is 189 Å². The maximum atomic E-state index is 13.1. The largest absolute Gasteiger partial charge is 0.497 e. The Morgan fingerprint density at radius 1 is 1.25 bits per heavy atom. The molecule has 0 aliphatic carbocycles. The van der Waals surface area contributed by atoms with Crippen molar-refractivity contribution in [3.63, 3.8) is 0 Å². The minimum Gasteiger partial charge on any atom is -0.497 e. The van der Waals surface area contributed by atoms with Gasteiger partial charge in [-0.1, -0.05) is 28.9 Å². The van der Waals surface area contributed by atoms with Crippen molar-refractivity contribution in [2.24, 2.45) is 0 Å². The van der Waals surface area contributed by atoms with Crippen LogP contribution in [0.1, 0.15) is 22.9 Å². The molecule has 0 fully saturated rings. The van der Waals surface area contributed by atoms with Gasteiger partial charge < -0.3 is 14.5 Å². The second-order valence-corrected chi connectivity index (χ2v) is 8.04. The Kier molecular flexibility index (Phi) is 5.45. The summed E-state index contributed by atoms with van der Waals surface area (Å²) in [6, 6.07) is 13.3. The van der Waals surface area contributed by atoms with Crippen molar-refractivity contribution in [2.45, 2.75) is 19.0 Å². The van der Waals surface area contributed by atoms with E-state index in [-0.39, 0.29) is 18.7 Å². The predicted molar refractivity (Wildman–Crippen MR) is 120 cm³/mol. The molecule has 4 aromatic rings. The van der Waals surface area contributed by atoms with Gasteiger partial charge in [-0.25, -0.2) is 9.48 Å². The van der Waals surface area contributed by atoms with Gasteiger partial charge in [-0.05, 0) is 47.9 Å². The van der Waals surface area contributed by atoms with Crippen LogP contribution in [-0.4, -0.2) is 51.2 Å². The van der Waals surface area contributed by atoms with E-state index in [4.69, 9.17) is 21.1 Å². The SMILES string of the molecule is COc1ccc(C2c3[nH]c4ccc(Cl)cc4c3CCN2C(=O)OCCn2ccnn2)cc1. The summed E-state index contributed by atoms with van der Waals surface area (Å²) in [5.41, 5.74) is 4.12. The number of H-pyrrole nitrogens is 1. The van der Waals surface area contributed by atoms with Gasteiger partial charge in [-0.3, -0.25) is 4.90 Å². The van der Waals surface area contributed by atoms with Crippen LogP contribution in [0.3, 0.4) is 0 Å². The lowest BCUT2D eigenvalue weighted by Crippen LogP contribution is -2.41. The number of carbonyl (C=O) groups is 1. The van der Waals surface area contributed by atoms with Crippen LogP contribution in [0.15, 0.2) is 54.9 Å². The molecule has 9 heteroatoms. The highest BCUT2D eigenvalue weighted by atomic mass is 35.5. The maximum Gasteiger partial charge on any atom is 0.410 e. The van der Waals surface area contributed by atoms with E-state index in [1.54, 1.807) is 29.1 Å². The topological polar surface area (TPSA) is 85.3 Å². The van der Waals surface area contributed by atoms with Crippen LogP contribution < -0.4 is 4.74 Å². The number of halogens is 1. The van der Waals surface area contributed by atoms with Crippen molar-refractivity contribution in [3.8, 4) is 5.75 Å². The third-order valence-electron chi connectivity index (χ3n) is 5.77. The number of nitrogens with zero attached hydrogens (tertiary/aromatic N) is 4.